The largest absolute Gasteiger partial charge is 0.493 e. The molecule has 0 heterocycles. The second kappa shape index (κ2) is 14.6. The molecule has 0 amide bonds. The van der Waals surface area contributed by atoms with Crippen molar-refractivity contribution < 1.29 is 34.1 Å². The summed E-state index contributed by atoms with van der Waals surface area (Å²) in [4.78, 5) is 24.2. The summed E-state index contributed by atoms with van der Waals surface area (Å²) in [5.74, 6) is 0.139. The van der Waals surface area contributed by atoms with Crippen LogP contribution in [0, 0.1) is 10.1 Å². The minimum atomic E-state index is -1.17. The number of nitro groups is 1. The SMILES string of the molecule is COc1ccccc1OCCN(Cc1ccccc1)CC(O)COc1cccc([N+](=O)[O-])c1NC(C)C(=O)O. The van der Waals surface area contributed by atoms with Gasteiger partial charge >= 0.3 is 5.97 Å². The molecule has 3 N–H and O–H groups in total. The van der Waals surface area contributed by atoms with Crippen LogP contribution in [-0.2, 0) is 11.3 Å². The fourth-order valence-corrected chi connectivity index (χ4v) is 3.85. The Bertz CT molecular complexity index is 1220. The summed E-state index contributed by atoms with van der Waals surface area (Å²) in [5, 5.41) is 34.2. The minimum absolute atomic E-state index is 0.0593. The standard InChI is InChI=1S/C28H33N3O8/c1-20(28(33)34)29-27-23(31(35)36)11-8-14-26(27)39-19-22(32)18-30(17-21-9-4-3-5-10-21)15-16-38-25-13-7-6-12-24(25)37-2/h3-14,20,22,29,32H,15-19H2,1-2H3,(H,33,34). The van der Waals surface area contributed by atoms with Gasteiger partial charge < -0.3 is 29.7 Å². The number of nitrogens with zero attached hydrogens (tertiary/aromatic N) is 2. The van der Waals surface area contributed by atoms with Gasteiger partial charge in [0.25, 0.3) is 5.69 Å². The van der Waals surface area contributed by atoms with Crippen LogP contribution in [0.1, 0.15) is 12.5 Å². The Morgan fingerprint density at radius 3 is 2.33 bits per heavy atom. The predicted molar refractivity (Wildman–Crippen MR) is 146 cm³/mol. The van der Waals surface area contributed by atoms with Gasteiger partial charge in [-0.2, -0.15) is 0 Å². The van der Waals surface area contributed by atoms with Crippen LogP contribution in [0.25, 0.3) is 0 Å². The van der Waals surface area contributed by atoms with E-state index in [0.29, 0.717) is 31.2 Å². The number of methoxy groups -OCH3 is 1. The Labute approximate surface area is 226 Å². The number of hydrogen-bond acceptors (Lipinski definition) is 9. The lowest BCUT2D eigenvalue weighted by Gasteiger charge is -2.26. The predicted octanol–water partition coefficient (Wildman–Crippen LogP) is 3.81. The molecule has 208 valence electrons. The molecule has 0 spiro atoms. The third-order valence-electron chi connectivity index (χ3n) is 5.82. The number of anilines is 1. The first kappa shape index (κ1) is 29.2. The number of rotatable bonds is 16. The topological polar surface area (TPSA) is 144 Å². The van der Waals surface area contributed by atoms with Crippen LogP contribution in [0.2, 0.25) is 0 Å². The maximum atomic E-state index is 11.5. The monoisotopic (exact) mass is 539 g/mol. The van der Waals surface area contributed by atoms with E-state index in [1.54, 1.807) is 7.11 Å². The van der Waals surface area contributed by atoms with E-state index in [1.807, 2.05) is 59.5 Å². The van der Waals surface area contributed by atoms with Crippen LogP contribution in [0.5, 0.6) is 17.2 Å². The number of carbonyl (C=O) groups is 1. The summed E-state index contributed by atoms with van der Waals surface area (Å²) in [7, 11) is 1.57. The number of carboxylic acid groups (broad SMARTS) is 1. The van der Waals surface area contributed by atoms with Crippen molar-refractivity contribution in [3.63, 3.8) is 0 Å². The van der Waals surface area contributed by atoms with Crippen molar-refractivity contribution >= 4 is 17.3 Å². The van der Waals surface area contributed by atoms with Gasteiger partial charge in [0.1, 0.15) is 31.1 Å². The zero-order valence-electron chi connectivity index (χ0n) is 21.9. The zero-order chi connectivity index (χ0) is 28.2. The average molecular weight is 540 g/mol. The Morgan fingerprint density at radius 2 is 1.67 bits per heavy atom. The van der Waals surface area contributed by atoms with E-state index in [-0.39, 0.29) is 30.3 Å². The molecule has 0 aliphatic heterocycles. The molecule has 39 heavy (non-hydrogen) atoms. The lowest BCUT2D eigenvalue weighted by molar-refractivity contribution is -0.384. The van der Waals surface area contributed by atoms with Gasteiger partial charge in [-0.1, -0.05) is 48.5 Å². The van der Waals surface area contributed by atoms with Crippen molar-refractivity contribution in [2.45, 2.75) is 25.6 Å². The van der Waals surface area contributed by atoms with Crippen LogP contribution in [0.3, 0.4) is 0 Å². The van der Waals surface area contributed by atoms with Crippen molar-refractivity contribution in [2.24, 2.45) is 0 Å². The molecule has 0 radical (unpaired) electrons. The first-order chi connectivity index (χ1) is 18.8. The van der Waals surface area contributed by atoms with Crippen molar-refractivity contribution in [2.75, 3.05) is 38.7 Å². The normalized spacial score (nSPS) is 12.4. The van der Waals surface area contributed by atoms with E-state index in [0.717, 1.165) is 5.56 Å². The summed E-state index contributed by atoms with van der Waals surface area (Å²) in [6.07, 6.45) is -0.955. The summed E-state index contributed by atoms with van der Waals surface area (Å²) in [6.45, 7) is 2.80. The minimum Gasteiger partial charge on any atom is -0.493 e. The molecule has 11 heteroatoms. The molecule has 11 nitrogen and oxygen atoms in total. The lowest BCUT2D eigenvalue weighted by atomic mass is 10.2. The van der Waals surface area contributed by atoms with Gasteiger partial charge in [-0.05, 0) is 30.7 Å². The molecule has 0 bridgehead atoms. The highest BCUT2D eigenvalue weighted by molar-refractivity contribution is 5.80. The average Bonchev–Trinajstić information content (AvgIpc) is 2.92. The fourth-order valence-electron chi connectivity index (χ4n) is 3.85. The molecule has 3 aromatic carbocycles. The third kappa shape index (κ3) is 8.87. The molecule has 2 unspecified atom stereocenters. The number of carboxylic acids is 1. The number of ether oxygens (including phenoxy) is 3. The number of aliphatic hydroxyl groups is 1. The van der Waals surface area contributed by atoms with Gasteiger partial charge in [-0.25, -0.2) is 0 Å². The molecule has 0 aliphatic rings. The van der Waals surface area contributed by atoms with E-state index in [4.69, 9.17) is 14.2 Å². The van der Waals surface area contributed by atoms with Crippen molar-refractivity contribution in [1.29, 1.82) is 0 Å². The molecule has 0 aromatic heterocycles. The quantitative estimate of drug-likeness (QED) is 0.182. The second-order valence-corrected chi connectivity index (χ2v) is 8.80. The summed E-state index contributed by atoms with van der Waals surface area (Å²) in [6, 6.07) is 20.2. The van der Waals surface area contributed by atoms with Gasteiger partial charge in [-0.15, -0.1) is 0 Å². The van der Waals surface area contributed by atoms with Crippen molar-refractivity contribution in [3.05, 3.63) is 88.5 Å². The van der Waals surface area contributed by atoms with E-state index >= 15 is 0 Å². The highest BCUT2D eigenvalue weighted by atomic mass is 16.6. The van der Waals surface area contributed by atoms with Crippen molar-refractivity contribution in [3.8, 4) is 17.2 Å². The van der Waals surface area contributed by atoms with Gasteiger partial charge in [0, 0.05) is 25.7 Å². The third-order valence-corrected chi connectivity index (χ3v) is 5.82. The Hall–Kier alpha value is -4.35. The van der Waals surface area contributed by atoms with Gasteiger partial charge in [0.05, 0.1) is 12.0 Å². The molecule has 0 saturated carbocycles. The van der Waals surface area contributed by atoms with Gasteiger partial charge in [-0.3, -0.25) is 19.8 Å². The first-order valence-electron chi connectivity index (χ1n) is 12.4. The molecule has 3 aromatic rings. The Morgan fingerprint density at radius 1 is 1.00 bits per heavy atom. The number of nitro benzene ring substituents is 1. The maximum Gasteiger partial charge on any atom is 0.325 e. The van der Waals surface area contributed by atoms with Crippen LogP contribution in [0.15, 0.2) is 72.8 Å². The number of nitrogens with one attached hydrogen (secondary N) is 1. The Balaban J connectivity index is 1.67. The van der Waals surface area contributed by atoms with E-state index in [1.165, 1.54) is 25.1 Å². The summed E-state index contributed by atoms with van der Waals surface area (Å²) < 4.78 is 17.0. The molecule has 0 saturated heterocycles. The second-order valence-electron chi connectivity index (χ2n) is 8.80. The van der Waals surface area contributed by atoms with Gasteiger partial charge in [0.2, 0.25) is 0 Å². The van der Waals surface area contributed by atoms with Crippen LogP contribution in [0.4, 0.5) is 11.4 Å². The molecule has 0 aliphatic carbocycles. The molecule has 0 fully saturated rings. The number of hydrogen-bond donors (Lipinski definition) is 3. The molecule has 2 atom stereocenters. The van der Waals surface area contributed by atoms with Gasteiger partial charge in [0.15, 0.2) is 17.2 Å². The van der Waals surface area contributed by atoms with E-state index < -0.39 is 23.0 Å². The summed E-state index contributed by atoms with van der Waals surface area (Å²) in [5.41, 5.74) is 0.668. The van der Waals surface area contributed by atoms with E-state index in [2.05, 4.69) is 5.32 Å². The number of aliphatic hydroxyl groups excluding tert-OH is 1. The summed E-state index contributed by atoms with van der Waals surface area (Å²) >= 11 is 0. The Kier molecular flexibility index (Phi) is 10.9. The lowest BCUT2D eigenvalue weighted by Crippen LogP contribution is -2.37. The number of aliphatic carboxylic acids is 1. The highest BCUT2D eigenvalue weighted by Crippen LogP contribution is 2.35. The fraction of sp³-hybridized carbons (Fsp3) is 0.321. The molecular weight excluding hydrogens is 506 g/mol. The first-order valence-corrected chi connectivity index (χ1v) is 12.4. The smallest absolute Gasteiger partial charge is 0.325 e. The molecule has 3 rings (SSSR count). The van der Waals surface area contributed by atoms with E-state index in [9.17, 15) is 25.1 Å². The van der Waals surface area contributed by atoms with Crippen LogP contribution in [-0.4, -0.2) is 71.6 Å². The van der Waals surface area contributed by atoms with Crippen LogP contribution >= 0.6 is 0 Å². The van der Waals surface area contributed by atoms with Crippen molar-refractivity contribution in [1.82, 2.24) is 4.90 Å². The van der Waals surface area contributed by atoms with Crippen LogP contribution < -0.4 is 19.5 Å². The molecular formula is C28H33N3O8. The zero-order valence-corrected chi connectivity index (χ0v) is 21.9. The number of para-hydroxylation sites is 3. The maximum absolute atomic E-state index is 11.5. The highest BCUT2D eigenvalue weighted by Gasteiger charge is 2.23. The number of benzene rings is 3.